The van der Waals surface area contributed by atoms with Gasteiger partial charge in [0.15, 0.2) is 0 Å². The highest BCUT2D eigenvalue weighted by Gasteiger charge is 2.16. The molecule has 7 heteroatoms. The monoisotopic (exact) mass is 387 g/mol. The molecule has 0 unspecified atom stereocenters. The van der Waals surface area contributed by atoms with Gasteiger partial charge in [-0.1, -0.05) is 23.7 Å². The maximum atomic E-state index is 12.5. The van der Waals surface area contributed by atoms with Gasteiger partial charge in [0.2, 0.25) is 11.8 Å². The first-order chi connectivity index (χ1) is 13.0. The highest BCUT2D eigenvalue weighted by atomic mass is 35.5. The van der Waals surface area contributed by atoms with E-state index in [1.54, 1.807) is 18.2 Å². The Balaban J connectivity index is 1.68. The Morgan fingerprint density at radius 2 is 1.78 bits per heavy atom. The minimum absolute atomic E-state index is 0.126. The van der Waals surface area contributed by atoms with E-state index < -0.39 is 0 Å². The number of hydrogen-bond donors (Lipinski definition) is 2. The molecule has 0 aliphatic carbocycles. The van der Waals surface area contributed by atoms with Crippen LogP contribution in [0.3, 0.4) is 0 Å². The summed E-state index contributed by atoms with van der Waals surface area (Å²) in [6.45, 7) is 4.33. The summed E-state index contributed by atoms with van der Waals surface area (Å²) in [4.78, 5) is 25.8. The molecule has 6 nitrogen and oxygen atoms in total. The number of nitrogens with zero attached hydrogens (tertiary/aromatic N) is 1. The van der Waals surface area contributed by atoms with Gasteiger partial charge in [-0.05, 0) is 35.9 Å². The van der Waals surface area contributed by atoms with E-state index in [-0.39, 0.29) is 18.2 Å². The van der Waals surface area contributed by atoms with Gasteiger partial charge in [0.25, 0.3) is 0 Å². The summed E-state index contributed by atoms with van der Waals surface area (Å²) in [6.07, 6.45) is 0.232. The van der Waals surface area contributed by atoms with Crippen LogP contribution in [0.2, 0.25) is 5.02 Å². The van der Waals surface area contributed by atoms with Gasteiger partial charge in [-0.3, -0.25) is 9.59 Å². The van der Waals surface area contributed by atoms with Crippen molar-refractivity contribution < 1.29 is 14.3 Å². The number of amides is 2. The number of ether oxygens (including phenoxy) is 1. The standard InChI is InChI=1S/C20H22ClN3O3/c1-14(25)22-17-5-2-15(3-6-17)12-20(26)23-18-13-16(21)4-7-19(18)24-8-10-27-11-9-24/h2-7,13H,8-12H2,1H3,(H,22,25)(H,23,26). The van der Waals surface area contributed by atoms with Gasteiger partial charge in [0.05, 0.1) is 31.0 Å². The molecule has 3 rings (SSSR count). The fourth-order valence-electron chi connectivity index (χ4n) is 2.98. The maximum Gasteiger partial charge on any atom is 0.228 e. The van der Waals surface area contributed by atoms with E-state index in [0.717, 1.165) is 24.3 Å². The van der Waals surface area contributed by atoms with Crippen LogP contribution in [-0.2, 0) is 20.7 Å². The van der Waals surface area contributed by atoms with Crippen LogP contribution in [0.15, 0.2) is 42.5 Å². The molecule has 1 aliphatic rings. The highest BCUT2D eigenvalue weighted by Crippen LogP contribution is 2.30. The molecule has 2 aromatic carbocycles. The average Bonchev–Trinajstić information content (AvgIpc) is 2.64. The summed E-state index contributed by atoms with van der Waals surface area (Å²) < 4.78 is 5.40. The van der Waals surface area contributed by atoms with Crippen molar-refractivity contribution in [1.29, 1.82) is 0 Å². The van der Waals surface area contributed by atoms with Crippen LogP contribution in [0.1, 0.15) is 12.5 Å². The van der Waals surface area contributed by atoms with Crippen LogP contribution in [-0.4, -0.2) is 38.1 Å². The Kier molecular flexibility index (Phi) is 6.32. The first-order valence-electron chi connectivity index (χ1n) is 8.80. The van der Waals surface area contributed by atoms with Crippen molar-refractivity contribution in [2.24, 2.45) is 0 Å². The summed E-state index contributed by atoms with van der Waals surface area (Å²) in [5.41, 5.74) is 3.20. The quantitative estimate of drug-likeness (QED) is 0.825. The number of hydrogen-bond acceptors (Lipinski definition) is 4. The topological polar surface area (TPSA) is 70.7 Å². The Morgan fingerprint density at radius 3 is 2.44 bits per heavy atom. The molecule has 0 bridgehead atoms. The lowest BCUT2D eigenvalue weighted by molar-refractivity contribution is -0.116. The second-order valence-electron chi connectivity index (χ2n) is 6.36. The summed E-state index contributed by atoms with van der Waals surface area (Å²) in [7, 11) is 0. The molecule has 0 aromatic heterocycles. The molecule has 0 saturated carbocycles. The zero-order valence-corrected chi connectivity index (χ0v) is 15.9. The fourth-order valence-corrected chi connectivity index (χ4v) is 3.15. The molecule has 27 heavy (non-hydrogen) atoms. The van der Waals surface area contributed by atoms with Crippen LogP contribution in [0.5, 0.6) is 0 Å². The largest absolute Gasteiger partial charge is 0.378 e. The van der Waals surface area contributed by atoms with Gasteiger partial charge in [0, 0.05) is 30.7 Å². The van der Waals surface area contributed by atoms with Gasteiger partial charge < -0.3 is 20.3 Å². The predicted octanol–water partition coefficient (Wildman–Crippen LogP) is 3.32. The van der Waals surface area contributed by atoms with Crippen molar-refractivity contribution in [3.05, 3.63) is 53.1 Å². The third kappa shape index (κ3) is 5.45. The van der Waals surface area contributed by atoms with Crippen LogP contribution in [0.25, 0.3) is 0 Å². The number of rotatable bonds is 5. The Morgan fingerprint density at radius 1 is 1.07 bits per heavy atom. The molecule has 1 heterocycles. The number of morpholine rings is 1. The van der Waals surface area contributed by atoms with E-state index in [9.17, 15) is 9.59 Å². The first kappa shape index (κ1) is 19.2. The van der Waals surface area contributed by atoms with Gasteiger partial charge in [0.1, 0.15) is 0 Å². The summed E-state index contributed by atoms with van der Waals surface area (Å²) in [5, 5.41) is 6.24. The molecule has 0 atom stereocenters. The Hall–Kier alpha value is -2.57. The Labute approximate surface area is 163 Å². The van der Waals surface area contributed by atoms with Crippen molar-refractivity contribution in [3.8, 4) is 0 Å². The van der Waals surface area contributed by atoms with E-state index in [0.29, 0.717) is 29.6 Å². The van der Waals surface area contributed by atoms with Gasteiger partial charge in [-0.25, -0.2) is 0 Å². The molecule has 2 N–H and O–H groups in total. The van der Waals surface area contributed by atoms with Crippen LogP contribution >= 0.6 is 11.6 Å². The second-order valence-corrected chi connectivity index (χ2v) is 6.80. The minimum Gasteiger partial charge on any atom is -0.378 e. The van der Waals surface area contributed by atoms with Crippen molar-refractivity contribution in [3.63, 3.8) is 0 Å². The van der Waals surface area contributed by atoms with Crippen molar-refractivity contribution in [2.75, 3.05) is 41.8 Å². The van der Waals surface area contributed by atoms with Crippen molar-refractivity contribution in [1.82, 2.24) is 0 Å². The zero-order valence-electron chi connectivity index (χ0n) is 15.1. The lowest BCUT2D eigenvalue weighted by atomic mass is 10.1. The molecular weight excluding hydrogens is 366 g/mol. The summed E-state index contributed by atoms with van der Waals surface area (Å²) in [6, 6.07) is 12.7. The number of anilines is 3. The molecule has 2 aromatic rings. The highest BCUT2D eigenvalue weighted by molar-refractivity contribution is 6.31. The number of carbonyl (C=O) groups excluding carboxylic acids is 2. The predicted molar refractivity (Wildman–Crippen MR) is 108 cm³/mol. The van der Waals surface area contributed by atoms with Crippen molar-refractivity contribution >= 4 is 40.5 Å². The number of halogens is 1. The number of nitrogens with one attached hydrogen (secondary N) is 2. The molecular formula is C20H22ClN3O3. The molecule has 2 amide bonds. The van der Waals surface area contributed by atoms with E-state index in [1.165, 1.54) is 6.92 Å². The number of benzene rings is 2. The second kappa shape index (κ2) is 8.88. The van der Waals surface area contributed by atoms with Crippen LogP contribution < -0.4 is 15.5 Å². The lowest BCUT2D eigenvalue weighted by Gasteiger charge is -2.30. The SMILES string of the molecule is CC(=O)Nc1ccc(CC(=O)Nc2cc(Cl)ccc2N2CCOCC2)cc1. The molecule has 0 radical (unpaired) electrons. The van der Waals surface area contributed by atoms with Gasteiger partial charge >= 0.3 is 0 Å². The van der Waals surface area contributed by atoms with Gasteiger partial charge in [-0.15, -0.1) is 0 Å². The van der Waals surface area contributed by atoms with E-state index >= 15 is 0 Å². The van der Waals surface area contributed by atoms with Crippen LogP contribution in [0, 0.1) is 0 Å². The normalized spacial score (nSPS) is 13.9. The maximum absolute atomic E-state index is 12.5. The van der Waals surface area contributed by atoms with E-state index in [4.69, 9.17) is 16.3 Å². The first-order valence-corrected chi connectivity index (χ1v) is 9.18. The van der Waals surface area contributed by atoms with E-state index in [1.807, 2.05) is 24.3 Å². The smallest absolute Gasteiger partial charge is 0.228 e. The third-order valence-electron chi connectivity index (χ3n) is 4.22. The van der Waals surface area contributed by atoms with E-state index in [2.05, 4.69) is 15.5 Å². The third-order valence-corrected chi connectivity index (χ3v) is 4.46. The molecule has 1 aliphatic heterocycles. The molecule has 1 saturated heterocycles. The summed E-state index contributed by atoms with van der Waals surface area (Å²) in [5.74, 6) is -0.254. The molecule has 142 valence electrons. The number of carbonyl (C=O) groups is 2. The van der Waals surface area contributed by atoms with Gasteiger partial charge in [-0.2, -0.15) is 0 Å². The molecule has 0 spiro atoms. The zero-order chi connectivity index (χ0) is 19.2. The Bertz CT molecular complexity index is 818. The minimum atomic E-state index is -0.128. The van der Waals surface area contributed by atoms with Crippen LogP contribution in [0.4, 0.5) is 17.1 Å². The average molecular weight is 388 g/mol. The fraction of sp³-hybridized carbons (Fsp3) is 0.300. The lowest BCUT2D eigenvalue weighted by Crippen LogP contribution is -2.36. The summed E-state index contributed by atoms with van der Waals surface area (Å²) >= 11 is 6.13. The van der Waals surface area contributed by atoms with Crippen molar-refractivity contribution in [2.45, 2.75) is 13.3 Å². The molecule has 1 fully saturated rings.